The van der Waals surface area contributed by atoms with Gasteiger partial charge in [0.1, 0.15) is 5.75 Å². The van der Waals surface area contributed by atoms with Crippen molar-refractivity contribution in [3.63, 3.8) is 0 Å². The highest BCUT2D eigenvalue weighted by Crippen LogP contribution is 2.28. The zero-order valence-electron chi connectivity index (χ0n) is 11.5. The van der Waals surface area contributed by atoms with E-state index in [1.165, 1.54) is 0 Å². The Labute approximate surface area is 117 Å². The molecule has 6 nitrogen and oxygen atoms in total. The van der Waals surface area contributed by atoms with E-state index < -0.39 is 5.54 Å². The third-order valence-electron chi connectivity index (χ3n) is 3.42. The van der Waals surface area contributed by atoms with Crippen LogP contribution in [0.25, 0.3) is 0 Å². The predicted octanol–water partition coefficient (Wildman–Crippen LogP) is 0.908. The number of aliphatic hydroxyl groups is 1. The summed E-state index contributed by atoms with van der Waals surface area (Å²) in [4.78, 5) is 23.4. The quantitative estimate of drug-likeness (QED) is 0.764. The Morgan fingerprint density at radius 2 is 2.30 bits per heavy atom. The van der Waals surface area contributed by atoms with E-state index in [4.69, 9.17) is 4.74 Å². The van der Waals surface area contributed by atoms with Crippen LogP contribution in [0.2, 0.25) is 0 Å². The van der Waals surface area contributed by atoms with Gasteiger partial charge in [0.05, 0.1) is 17.8 Å². The van der Waals surface area contributed by atoms with E-state index in [2.05, 4.69) is 10.6 Å². The van der Waals surface area contributed by atoms with Crippen LogP contribution in [0.4, 0.5) is 5.69 Å². The Morgan fingerprint density at radius 1 is 1.55 bits per heavy atom. The first-order valence-corrected chi connectivity index (χ1v) is 6.47. The minimum Gasteiger partial charge on any atom is -0.482 e. The lowest BCUT2D eigenvalue weighted by atomic mass is 9.99. The Bertz CT molecular complexity index is 538. The molecule has 0 saturated heterocycles. The molecule has 0 radical (unpaired) electrons. The third-order valence-corrected chi connectivity index (χ3v) is 3.42. The second-order valence-electron chi connectivity index (χ2n) is 5.07. The Balaban J connectivity index is 2.19. The first kappa shape index (κ1) is 14.3. The van der Waals surface area contributed by atoms with Crippen LogP contribution in [0, 0.1) is 0 Å². The molecule has 0 saturated carbocycles. The van der Waals surface area contributed by atoms with E-state index >= 15 is 0 Å². The number of hydrogen-bond donors (Lipinski definition) is 3. The molecule has 1 atom stereocenters. The maximum atomic E-state index is 12.2. The molecule has 0 fully saturated rings. The maximum Gasteiger partial charge on any atom is 0.262 e. The highest BCUT2D eigenvalue weighted by atomic mass is 16.5. The first-order chi connectivity index (χ1) is 9.47. The van der Waals surface area contributed by atoms with Gasteiger partial charge in [-0.15, -0.1) is 0 Å². The van der Waals surface area contributed by atoms with E-state index in [9.17, 15) is 14.7 Å². The fourth-order valence-corrected chi connectivity index (χ4v) is 1.81. The monoisotopic (exact) mass is 278 g/mol. The average molecular weight is 278 g/mol. The number of carbonyl (C=O) groups is 2. The molecule has 0 aromatic heterocycles. The number of benzene rings is 1. The zero-order chi connectivity index (χ0) is 14.8. The molecule has 1 aliphatic rings. The largest absolute Gasteiger partial charge is 0.482 e. The Kier molecular flexibility index (Phi) is 3.94. The van der Waals surface area contributed by atoms with E-state index in [0.717, 1.165) is 0 Å². The number of nitrogens with one attached hydrogen (secondary N) is 2. The molecule has 0 spiro atoms. The molecule has 1 aliphatic heterocycles. The fraction of sp³-hybridized carbons (Fsp3) is 0.429. The standard InChI is InChI=1S/C14H18N2O4/c1-3-14(2,8-17)16-13(19)9-4-5-11-10(6-9)15-12(18)7-20-11/h4-6,17H,3,7-8H2,1-2H3,(H,15,18)(H,16,19). The highest BCUT2D eigenvalue weighted by Gasteiger charge is 2.25. The molecular formula is C14H18N2O4. The van der Waals surface area contributed by atoms with Crippen LogP contribution in [0.3, 0.4) is 0 Å². The minimum atomic E-state index is -0.660. The number of rotatable bonds is 4. The third kappa shape index (κ3) is 2.91. The van der Waals surface area contributed by atoms with E-state index in [1.54, 1.807) is 25.1 Å². The molecule has 6 heteroatoms. The van der Waals surface area contributed by atoms with Crippen LogP contribution in [0.1, 0.15) is 30.6 Å². The van der Waals surface area contributed by atoms with Crippen molar-refractivity contribution in [2.24, 2.45) is 0 Å². The molecule has 1 aromatic rings. The summed E-state index contributed by atoms with van der Waals surface area (Å²) in [7, 11) is 0. The number of ether oxygens (including phenoxy) is 1. The molecule has 0 aliphatic carbocycles. The summed E-state index contributed by atoms with van der Waals surface area (Å²) in [6.45, 7) is 3.50. The van der Waals surface area contributed by atoms with Crippen LogP contribution >= 0.6 is 0 Å². The van der Waals surface area contributed by atoms with Crippen LogP contribution < -0.4 is 15.4 Å². The summed E-state index contributed by atoms with van der Waals surface area (Å²) in [5.41, 5.74) is 0.228. The van der Waals surface area contributed by atoms with Gasteiger partial charge >= 0.3 is 0 Å². The van der Waals surface area contributed by atoms with Crippen LogP contribution in [-0.2, 0) is 4.79 Å². The lowest BCUT2D eigenvalue weighted by Crippen LogP contribution is -2.48. The van der Waals surface area contributed by atoms with Crippen molar-refractivity contribution in [1.29, 1.82) is 0 Å². The second-order valence-corrected chi connectivity index (χ2v) is 5.07. The van der Waals surface area contributed by atoms with Crippen LogP contribution in [0.15, 0.2) is 18.2 Å². The van der Waals surface area contributed by atoms with Crippen molar-refractivity contribution in [3.8, 4) is 5.75 Å². The van der Waals surface area contributed by atoms with Crippen LogP contribution in [0.5, 0.6) is 5.75 Å². The normalized spacial score (nSPS) is 16.4. The number of hydrogen-bond acceptors (Lipinski definition) is 4. The van der Waals surface area contributed by atoms with Crippen molar-refractivity contribution in [2.45, 2.75) is 25.8 Å². The van der Waals surface area contributed by atoms with Crippen molar-refractivity contribution in [1.82, 2.24) is 5.32 Å². The van der Waals surface area contributed by atoms with Crippen molar-refractivity contribution in [2.75, 3.05) is 18.5 Å². The topological polar surface area (TPSA) is 87.7 Å². The number of amides is 2. The van der Waals surface area contributed by atoms with E-state index in [1.807, 2.05) is 6.92 Å². The van der Waals surface area contributed by atoms with E-state index in [0.29, 0.717) is 23.4 Å². The molecule has 1 heterocycles. The van der Waals surface area contributed by atoms with Gasteiger partial charge in [0, 0.05) is 5.56 Å². The van der Waals surface area contributed by atoms with Crippen LogP contribution in [-0.4, -0.2) is 35.7 Å². The summed E-state index contributed by atoms with van der Waals surface area (Å²) in [5.74, 6) is -0.00334. The molecule has 108 valence electrons. The predicted molar refractivity (Wildman–Crippen MR) is 73.8 cm³/mol. The molecule has 2 rings (SSSR count). The molecule has 1 unspecified atom stereocenters. The summed E-state index contributed by atoms with van der Waals surface area (Å²) < 4.78 is 5.23. The highest BCUT2D eigenvalue weighted by molar-refractivity contribution is 6.00. The fourth-order valence-electron chi connectivity index (χ4n) is 1.81. The van der Waals surface area contributed by atoms with Gasteiger partial charge in [0.25, 0.3) is 11.8 Å². The Hall–Kier alpha value is -2.08. The summed E-state index contributed by atoms with van der Waals surface area (Å²) in [6, 6.07) is 4.83. The van der Waals surface area contributed by atoms with E-state index in [-0.39, 0.29) is 25.0 Å². The van der Waals surface area contributed by atoms with Crippen molar-refractivity contribution in [3.05, 3.63) is 23.8 Å². The summed E-state index contributed by atoms with van der Waals surface area (Å²) >= 11 is 0. The van der Waals surface area contributed by atoms with Crippen molar-refractivity contribution >= 4 is 17.5 Å². The van der Waals surface area contributed by atoms with Gasteiger partial charge in [-0.25, -0.2) is 0 Å². The van der Waals surface area contributed by atoms with Crippen molar-refractivity contribution < 1.29 is 19.4 Å². The molecule has 3 N–H and O–H groups in total. The number of fused-ring (bicyclic) bond motifs is 1. The average Bonchev–Trinajstić information content (AvgIpc) is 2.46. The minimum absolute atomic E-state index is 0.0169. The molecular weight excluding hydrogens is 260 g/mol. The lowest BCUT2D eigenvalue weighted by Gasteiger charge is -2.27. The maximum absolute atomic E-state index is 12.2. The Morgan fingerprint density at radius 3 is 2.95 bits per heavy atom. The number of carbonyl (C=O) groups excluding carboxylic acids is 2. The van der Waals surface area contributed by atoms with Gasteiger partial charge in [-0.2, -0.15) is 0 Å². The zero-order valence-corrected chi connectivity index (χ0v) is 11.5. The number of aliphatic hydroxyl groups excluding tert-OH is 1. The first-order valence-electron chi connectivity index (χ1n) is 6.47. The molecule has 1 aromatic carbocycles. The number of anilines is 1. The van der Waals surface area contributed by atoms with Gasteiger partial charge in [-0.3, -0.25) is 9.59 Å². The lowest BCUT2D eigenvalue weighted by molar-refractivity contribution is -0.118. The second kappa shape index (κ2) is 5.50. The van der Waals surface area contributed by atoms with Gasteiger partial charge in [-0.05, 0) is 31.5 Å². The smallest absolute Gasteiger partial charge is 0.262 e. The van der Waals surface area contributed by atoms with Gasteiger partial charge in [0.15, 0.2) is 6.61 Å². The summed E-state index contributed by atoms with van der Waals surface area (Å²) in [5, 5.41) is 14.8. The molecule has 2 amide bonds. The molecule has 20 heavy (non-hydrogen) atoms. The van der Waals surface area contributed by atoms with Gasteiger partial charge in [0.2, 0.25) is 0 Å². The SMILES string of the molecule is CCC(C)(CO)NC(=O)c1ccc2c(c1)NC(=O)CO2. The van der Waals surface area contributed by atoms with Gasteiger partial charge in [-0.1, -0.05) is 6.92 Å². The van der Waals surface area contributed by atoms with Gasteiger partial charge < -0.3 is 20.5 Å². The summed E-state index contributed by atoms with van der Waals surface area (Å²) in [6.07, 6.45) is 0.611. The molecule has 0 bridgehead atoms.